The van der Waals surface area contributed by atoms with E-state index in [-0.39, 0.29) is 11.4 Å². The highest BCUT2D eigenvalue weighted by molar-refractivity contribution is 6.05. The van der Waals surface area contributed by atoms with Crippen molar-refractivity contribution in [2.45, 2.75) is 6.54 Å². The molecule has 0 aliphatic rings. The van der Waals surface area contributed by atoms with Crippen molar-refractivity contribution in [3.8, 4) is 0 Å². The number of hydrogen-bond donors (Lipinski definition) is 1. The Kier molecular flexibility index (Phi) is 4.06. The predicted octanol–water partition coefficient (Wildman–Crippen LogP) is 1.83. The third-order valence-corrected chi connectivity index (χ3v) is 3.45. The van der Waals surface area contributed by atoms with Crippen molar-refractivity contribution in [1.82, 2.24) is 19.6 Å². The summed E-state index contributed by atoms with van der Waals surface area (Å²) in [5.74, 6) is -0.582. The van der Waals surface area contributed by atoms with E-state index < -0.39 is 10.8 Å². The smallest absolute Gasteiger partial charge is 0.320 e. The van der Waals surface area contributed by atoms with Gasteiger partial charge >= 0.3 is 5.69 Å². The molecule has 9 nitrogen and oxygen atoms in total. The Morgan fingerprint density at radius 2 is 2.04 bits per heavy atom. The minimum absolute atomic E-state index is 0.0967. The van der Waals surface area contributed by atoms with Crippen molar-refractivity contribution >= 4 is 17.3 Å². The van der Waals surface area contributed by atoms with Crippen LogP contribution in [0.1, 0.15) is 16.1 Å². The van der Waals surface area contributed by atoms with Crippen molar-refractivity contribution in [3.63, 3.8) is 0 Å². The Balaban J connectivity index is 1.73. The highest BCUT2D eigenvalue weighted by Crippen LogP contribution is 2.19. The second-order valence-electron chi connectivity index (χ2n) is 5.11. The molecule has 0 aliphatic carbocycles. The lowest BCUT2D eigenvalue weighted by atomic mass is 10.2. The highest BCUT2D eigenvalue weighted by Gasteiger charge is 2.25. The van der Waals surface area contributed by atoms with E-state index in [2.05, 4.69) is 15.5 Å². The maximum atomic E-state index is 12.3. The Morgan fingerprint density at radius 1 is 1.29 bits per heavy atom. The van der Waals surface area contributed by atoms with Gasteiger partial charge in [0.25, 0.3) is 5.91 Å². The van der Waals surface area contributed by atoms with E-state index in [4.69, 9.17) is 0 Å². The summed E-state index contributed by atoms with van der Waals surface area (Å²) in [6.07, 6.45) is 4.62. The molecule has 0 radical (unpaired) electrons. The lowest BCUT2D eigenvalue weighted by molar-refractivity contribution is -0.385. The van der Waals surface area contributed by atoms with Gasteiger partial charge in [-0.15, -0.1) is 0 Å². The van der Waals surface area contributed by atoms with Crippen LogP contribution < -0.4 is 5.32 Å². The van der Waals surface area contributed by atoms with Gasteiger partial charge in [-0.05, 0) is 23.8 Å². The number of carbonyl (C=O) groups excluding carboxylic acids is 1. The summed E-state index contributed by atoms with van der Waals surface area (Å²) in [6, 6.07) is 9.02. The average molecular weight is 326 g/mol. The van der Waals surface area contributed by atoms with E-state index >= 15 is 0 Å². The molecule has 0 bridgehead atoms. The van der Waals surface area contributed by atoms with Crippen LogP contribution in [0.2, 0.25) is 0 Å². The van der Waals surface area contributed by atoms with Gasteiger partial charge in [-0.1, -0.05) is 12.1 Å². The number of amides is 1. The predicted molar refractivity (Wildman–Crippen MR) is 85.6 cm³/mol. The monoisotopic (exact) mass is 326 g/mol. The molecule has 3 rings (SSSR count). The number of aromatic nitrogens is 4. The Hall–Kier alpha value is -3.49. The van der Waals surface area contributed by atoms with Crippen LogP contribution in [0.5, 0.6) is 0 Å². The second-order valence-corrected chi connectivity index (χ2v) is 5.11. The molecule has 0 fully saturated rings. The van der Waals surface area contributed by atoms with Gasteiger partial charge in [-0.3, -0.25) is 24.3 Å². The first-order chi connectivity index (χ1) is 11.5. The lowest BCUT2D eigenvalue weighted by Gasteiger charge is -2.07. The van der Waals surface area contributed by atoms with Gasteiger partial charge in [0.05, 0.1) is 11.5 Å². The number of aryl methyl sites for hydroxylation is 1. The van der Waals surface area contributed by atoms with Crippen molar-refractivity contribution in [1.29, 1.82) is 0 Å². The molecule has 1 amide bonds. The quantitative estimate of drug-likeness (QED) is 0.568. The third kappa shape index (κ3) is 3.14. The molecule has 1 aromatic carbocycles. The summed E-state index contributed by atoms with van der Waals surface area (Å²) < 4.78 is 2.96. The molecule has 1 N–H and O–H groups in total. The number of nitro groups is 1. The van der Waals surface area contributed by atoms with Crippen LogP contribution in [0.3, 0.4) is 0 Å². The number of rotatable bonds is 5. The molecular weight excluding hydrogens is 312 g/mol. The molecule has 24 heavy (non-hydrogen) atoms. The molecule has 2 heterocycles. The Bertz CT molecular complexity index is 867. The van der Waals surface area contributed by atoms with E-state index in [0.29, 0.717) is 12.2 Å². The standard InChI is InChI=1S/C15H14N6O3/c1-19-14(13(9-17-19)21(23)24)15(22)18-12-5-3-11(4-6-12)10-20-8-2-7-16-20/h2-9H,10H2,1H3,(H,18,22). The number of nitrogens with one attached hydrogen (secondary N) is 1. The molecule has 2 aromatic heterocycles. The van der Waals surface area contributed by atoms with Crippen LogP contribution in [0.15, 0.2) is 48.9 Å². The van der Waals surface area contributed by atoms with Crippen molar-refractivity contribution in [3.05, 3.63) is 70.3 Å². The molecule has 0 atom stereocenters. The molecule has 0 aliphatic heterocycles. The molecule has 3 aromatic rings. The van der Waals surface area contributed by atoms with Crippen LogP contribution in [-0.2, 0) is 13.6 Å². The Labute approximate surface area is 136 Å². The summed E-state index contributed by atoms with van der Waals surface area (Å²) in [5, 5.41) is 21.5. The van der Waals surface area contributed by atoms with Crippen molar-refractivity contribution < 1.29 is 9.72 Å². The normalized spacial score (nSPS) is 10.5. The molecule has 9 heteroatoms. The fraction of sp³-hybridized carbons (Fsp3) is 0.133. The molecule has 122 valence electrons. The van der Waals surface area contributed by atoms with Gasteiger partial charge in [0.15, 0.2) is 0 Å². The van der Waals surface area contributed by atoms with Gasteiger partial charge in [-0.2, -0.15) is 10.2 Å². The molecule has 0 saturated carbocycles. The fourth-order valence-corrected chi connectivity index (χ4v) is 2.29. The van der Waals surface area contributed by atoms with E-state index in [9.17, 15) is 14.9 Å². The molecule has 0 spiro atoms. The van der Waals surface area contributed by atoms with Crippen LogP contribution in [0, 0.1) is 10.1 Å². The van der Waals surface area contributed by atoms with Crippen molar-refractivity contribution in [2.24, 2.45) is 7.05 Å². The van der Waals surface area contributed by atoms with Gasteiger partial charge in [-0.25, -0.2) is 0 Å². The first kappa shape index (κ1) is 15.4. The zero-order valence-corrected chi connectivity index (χ0v) is 12.8. The maximum Gasteiger partial charge on any atom is 0.320 e. The SMILES string of the molecule is Cn1ncc([N+](=O)[O-])c1C(=O)Nc1ccc(Cn2cccn2)cc1. The van der Waals surface area contributed by atoms with Gasteiger partial charge < -0.3 is 5.32 Å². The molecule has 0 saturated heterocycles. The van der Waals surface area contributed by atoms with Crippen LogP contribution in [0.4, 0.5) is 11.4 Å². The Morgan fingerprint density at radius 3 is 2.67 bits per heavy atom. The van der Waals surface area contributed by atoms with E-state index in [1.807, 2.05) is 24.4 Å². The van der Waals surface area contributed by atoms with E-state index in [1.54, 1.807) is 23.0 Å². The summed E-state index contributed by atoms with van der Waals surface area (Å²) in [7, 11) is 1.48. The zero-order chi connectivity index (χ0) is 17.1. The fourth-order valence-electron chi connectivity index (χ4n) is 2.29. The first-order valence-electron chi connectivity index (χ1n) is 7.08. The summed E-state index contributed by atoms with van der Waals surface area (Å²) >= 11 is 0. The number of carbonyl (C=O) groups is 1. The molecular formula is C15H14N6O3. The topological polar surface area (TPSA) is 108 Å². The van der Waals surface area contributed by atoms with Crippen LogP contribution in [0.25, 0.3) is 0 Å². The number of benzene rings is 1. The summed E-state index contributed by atoms with van der Waals surface area (Å²) in [6.45, 7) is 0.619. The minimum Gasteiger partial charge on any atom is -0.320 e. The van der Waals surface area contributed by atoms with E-state index in [0.717, 1.165) is 11.8 Å². The minimum atomic E-state index is -0.630. The summed E-state index contributed by atoms with van der Waals surface area (Å²) in [4.78, 5) is 22.6. The van der Waals surface area contributed by atoms with Gasteiger partial charge in [0, 0.05) is 25.1 Å². The first-order valence-corrected chi connectivity index (χ1v) is 7.08. The van der Waals surface area contributed by atoms with Crippen molar-refractivity contribution in [2.75, 3.05) is 5.32 Å². The van der Waals surface area contributed by atoms with Crippen LogP contribution >= 0.6 is 0 Å². The zero-order valence-electron chi connectivity index (χ0n) is 12.8. The van der Waals surface area contributed by atoms with E-state index in [1.165, 1.54) is 11.7 Å². The van der Waals surface area contributed by atoms with Crippen LogP contribution in [-0.4, -0.2) is 30.4 Å². The number of hydrogen-bond acceptors (Lipinski definition) is 5. The van der Waals surface area contributed by atoms with Gasteiger partial charge in [0.1, 0.15) is 6.20 Å². The maximum absolute atomic E-state index is 12.3. The largest absolute Gasteiger partial charge is 0.320 e. The average Bonchev–Trinajstić information content (AvgIpc) is 3.18. The molecule has 0 unspecified atom stereocenters. The van der Waals surface area contributed by atoms with Gasteiger partial charge in [0.2, 0.25) is 5.69 Å². The summed E-state index contributed by atoms with van der Waals surface area (Å²) in [5.41, 5.74) is 1.13. The lowest BCUT2D eigenvalue weighted by Crippen LogP contribution is -2.17. The number of anilines is 1. The number of nitrogens with zero attached hydrogens (tertiary/aromatic N) is 5. The third-order valence-electron chi connectivity index (χ3n) is 3.45. The highest BCUT2D eigenvalue weighted by atomic mass is 16.6. The second kappa shape index (κ2) is 6.32.